The van der Waals surface area contributed by atoms with Gasteiger partial charge >= 0.3 is 0 Å². The smallest absolute Gasteiger partial charge is 0.227 e. The lowest BCUT2D eigenvalue weighted by Gasteiger charge is -2.26. The Balaban J connectivity index is 1.69. The van der Waals surface area contributed by atoms with Crippen molar-refractivity contribution in [3.63, 3.8) is 0 Å². The van der Waals surface area contributed by atoms with Crippen molar-refractivity contribution in [2.24, 2.45) is 0 Å². The summed E-state index contributed by atoms with van der Waals surface area (Å²) in [5.74, 6) is 0.211. The van der Waals surface area contributed by atoms with Crippen LogP contribution in [0, 0.1) is 0 Å². The van der Waals surface area contributed by atoms with Crippen molar-refractivity contribution in [2.75, 3.05) is 30.4 Å². The number of rotatable bonds is 3. The van der Waals surface area contributed by atoms with E-state index in [0.29, 0.717) is 12.5 Å². The van der Waals surface area contributed by atoms with Crippen LogP contribution in [-0.2, 0) is 11.2 Å². The first kappa shape index (κ1) is 12.5. The van der Waals surface area contributed by atoms with Gasteiger partial charge in [-0.1, -0.05) is 0 Å². The first-order valence-corrected chi connectivity index (χ1v) is 7.11. The predicted octanol–water partition coefficient (Wildman–Crippen LogP) is 1.76. The molecule has 4 heteroatoms. The normalized spacial score (nSPS) is 22.5. The zero-order valence-corrected chi connectivity index (χ0v) is 11.4. The minimum Gasteiger partial charge on any atom is -0.383 e. The molecule has 2 aliphatic rings. The molecule has 2 heterocycles. The largest absolute Gasteiger partial charge is 0.383 e. The van der Waals surface area contributed by atoms with Crippen molar-refractivity contribution >= 4 is 17.3 Å². The quantitative estimate of drug-likeness (QED) is 0.869. The van der Waals surface area contributed by atoms with E-state index < -0.39 is 0 Å². The lowest BCUT2D eigenvalue weighted by molar-refractivity contribution is -0.118. The second-order valence-corrected chi connectivity index (χ2v) is 5.47. The van der Waals surface area contributed by atoms with E-state index in [1.807, 2.05) is 7.05 Å². The summed E-state index contributed by atoms with van der Waals surface area (Å²) in [7, 11) is 1.86. The molecule has 3 rings (SSSR count). The van der Waals surface area contributed by atoms with Crippen molar-refractivity contribution in [3.05, 3.63) is 23.8 Å². The van der Waals surface area contributed by atoms with E-state index >= 15 is 0 Å². The molecule has 0 aliphatic carbocycles. The lowest BCUT2D eigenvalue weighted by atomic mass is 10.0. The number of aryl methyl sites for hydroxylation is 1. The summed E-state index contributed by atoms with van der Waals surface area (Å²) in [4.78, 5) is 13.4. The molecule has 2 N–H and O–H groups in total. The minimum atomic E-state index is 0.211. The number of amides is 1. The Morgan fingerprint density at radius 1 is 1.42 bits per heavy atom. The summed E-state index contributed by atoms with van der Waals surface area (Å²) in [5.41, 5.74) is 3.49. The molecule has 0 aromatic heterocycles. The fraction of sp³-hybridized carbons (Fsp3) is 0.533. The molecule has 1 unspecified atom stereocenters. The molecule has 0 radical (unpaired) electrons. The van der Waals surface area contributed by atoms with Crippen LogP contribution < -0.4 is 15.5 Å². The first-order valence-electron chi connectivity index (χ1n) is 7.11. The summed E-state index contributed by atoms with van der Waals surface area (Å²) in [6, 6.07) is 6.91. The Morgan fingerprint density at radius 2 is 2.32 bits per heavy atom. The van der Waals surface area contributed by atoms with Gasteiger partial charge < -0.3 is 15.5 Å². The van der Waals surface area contributed by atoms with E-state index in [1.165, 1.54) is 18.4 Å². The molecule has 1 fully saturated rings. The number of carbonyl (C=O) groups is 1. The Hall–Kier alpha value is -1.55. The maximum absolute atomic E-state index is 11.6. The number of anilines is 2. The number of hydrogen-bond donors (Lipinski definition) is 2. The third-order valence-electron chi connectivity index (χ3n) is 4.14. The molecule has 0 bridgehead atoms. The van der Waals surface area contributed by atoms with Crippen LogP contribution in [0.3, 0.4) is 0 Å². The van der Waals surface area contributed by atoms with Crippen LogP contribution in [0.2, 0.25) is 0 Å². The second-order valence-electron chi connectivity index (χ2n) is 5.47. The Labute approximate surface area is 114 Å². The molecule has 4 nitrogen and oxygen atoms in total. The SMILES string of the molecule is CN1C(=O)CCc2cc(NCC3CCCN3)ccc21. The highest BCUT2D eigenvalue weighted by molar-refractivity contribution is 5.96. The van der Waals surface area contributed by atoms with Crippen LogP contribution >= 0.6 is 0 Å². The summed E-state index contributed by atoms with van der Waals surface area (Å²) in [6.45, 7) is 2.12. The molecule has 19 heavy (non-hydrogen) atoms. The highest BCUT2D eigenvalue weighted by atomic mass is 16.2. The molecule has 102 valence electrons. The van der Waals surface area contributed by atoms with Crippen LogP contribution in [-0.4, -0.2) is 32.1 Å². The van der Waals surface area contributed by atoms with E-state index in [1.54, 1.807) is 4.90 Å². The first-order chi connectivity index (χ1) is 9.24. The van der Waals surface area contributed by atoms with Gasteiger partial charge in [-0.15, -0.1) is 0 Å². The summed E-state index contributed by atoms with van der Waals surface area (Å²) < 4.78 is 0. The molecule has 1 saturated heterocycles. The van der Waals surface area contributed by atoms with E-state index in [9.17, 15) is 4.79 Å². The summed E-state index contributed by atoms with van der Waals surface area (Å²) in [5, 5.41) is 6.98. The topological polar surface area (TPSA) is 44.4 Å². The van der Waals surface area contributed by atoms with Gasteiger partial charge in [-0.3, -0.25) is 4.79 Å². The average Bonchev–Trinajstić information content (AvgIpc) is 2.94. The van der Waals surface area contributed by atoms with Gasteiger partial charge in [0.1, 0.15) is 0 Å². The van der Waals surface area contributed by atoms with Crippen molar-refractivity contribution in [1.82, 2.24) is 5.32 Å². The standard InChI is InChI=1S/C15H21N3O/c1-18-14-6-5-12(9-11(14)4-7-15(18)19)17-10-13-3-2-8-16-13/h5-6,9,13,16-17H,2-4,7-8,10H2,1H3. The molecule has 1 aromatic carbocycles. The fourth-order valence-corrected chi connectivity index (χ4v) is 2.94. The van der Waals surface area contributed by atoms with Gasteiger partial charge in [0.2, 0.25) is 5.91 Å². The highest BCUT2D eigenvalue weighted by Gasteiger charge is 2.21. The van der Waals surface area contributed by atoms with E-state index in [2.05, 4.69) is 28.8 Å². The molecular weight excluding hydrogens is 238 g/mol. The van der Waals surface area contributed by atoms with E-state index in [4.69, 9.17) is 0 Å². The fourth-order valence-electron chi connectivity index (χ4n) is 2.94. The molecule has 0 saturated carbocycles. The van der Waals surface area contributed by atoms with Crippen LogP contribution in [0.25, 0.3) is 0 Å². The van der Waals surface area contributed by atoms with Gasteiger partial charge in [0.15, 0.2) is 0 Å². The molecule has 1 atom stereocenters. The zero-order valence-electron chi connectivity index (χ0n) is 11.4. The maximum Gasteiger partial charge on any atom is 0.227 e. The third kappa shape index (κ3) is 2.59. The lowest BCUT2D eigenvalue weighted by Crippen LogP contribution is -2.31. The minimum absolute atomic E-state index is 0.211. The van der Waals surface area contributed by atoms with Crippen LogP contribution in [0.15, 0.2) is 18.2 Å². The molecular formula is C15H21N3O. The van der Waals surface area contributed by atoms with Gasteiger partial charge in [-0.05, 0) is 49.6 Å². The van der Waals surface area contributed by atoms with Gasteiger partial charge in [0.05, 0.1) is 0 Å². The number of hydrogen-bond acceptors (Lipinski definition) is 3. The Bertz CT molecular complexity index is 480. The number of nitrogens with zero attached hydrogens (tertiary/aromatic N) is 1. The van der Waals surface area contributed by atoms with E-state index in [0.717, 1.165) is 30.9 Å². The maximum atomic E-state index is 11.6. The van der Waals surface area contributed by atoms with E-state index in [-0.39, 0.29) is 5.91 Å². The molecule has 0 spiro atoms. The summed E-state index contributed by atoms with van der Waals surface area (Å²) >= 11 is 0. The number of fused-ring (bicyclic) bond motifs is 1. The third-order valence-corrected chi connectivity index (χ3v) is 4.14. The Morgan fingerprint density at radius 3 is 3.11 bits per heavy atom. The van der Waals surface area contributed by atoms with Crippen molar-refractivity contribution in [1.29, 1.82) is 0 Å². The van der Waals surface area contributed by atoms with Crippen molar-refractivity contribution < 1.29 is 4.79 Å². The molecule has 1 aromatic rings. The summed E-state index contributed by atoms with van der Waals surface area (Å²) in [6.07, 6.45) is 4.02. The number of benzene rings is 1. The van der Waals surface area contributed by atoms with Gasteiger partial charge in [0, 0.05) is 37.4 Å². The number of carbonyl (C=O) groups excluding carboxylic acids is 1. The van der Waals surface area contributed by atoms with Crippen LogP contribution in [0.1, 0.15) is 24.8 Å². The van der Waals surface area contributed by atoms with Crippen LogP contribution in [0.4, 0.5) is 11.4 Å². The monoisotopic (exact) mass is 259 g/mol. The van der Waals surface area contributed by atoms with Gasteiger partial charge in [0.25, 0.3) is 0 Å². The average molecular weight is 259 g/mol. The molecule has 1 amide bonds. The van der Waals surface area contributed by atoms with Crippen molar-refractivity contribution in [2.45, 2.75) is 31.7 Å². The number of nitrogens with one attached hydrogen (secondary N) is 2. The van der Waals surface area contributed by atoms with Gasteiger partial charge in [-0.2, -0.15) is 0 Å². The Kier molecular flexibility index (Phi) is 3.42. The van der Waals surface area contributed by atoms with Crippen molar-refractivity contribution in [3.8, 4) is 0 Å². The van der Waals surface area contributed by atoms with Crippen LogP contribution in [0.5, 0.6) is 0 Å². The highest BCUT2D eigenvalue weighted by Crippen LogP contribution is 2.29. The molecule has 2 aliphatic heterocycles. The van der Waals surface area contributed by atoms with Gasteiger partial charge in [-0.25, -0.2) is 0 Å². The zero-order chi connectivity index (χ0) is 13.2. The second kappa shape index (κ2) is 5.21. The predicted molar refractivity (Wildman–Crippen MR) is 77.7 cm³/mol.